The predicted molar refractivity (Wildman–Crippen MR) is 97.3 cm³/mol. The summed E-state index contributed by atoms with van der Waals surface area (Å²) >= 11 is 1.58. The van der Waals surface area contributed by atoms with Crippen molar-refractivity contribution in [2.45, 2.75) is 25.2 Å². The van der Waals surface area contributed by atoms with Crippen molar-refractivity contribution in [3.8, 4) is 5.75 Å². The van der Waals surface area contributed by atoms with E-state index in [-0.39, 0.29) is 37.8 Å². The smallest absolute Gasteiger partial charge is 0.251 e. The van der Waals surface area contributed by atoms with E-state index >= 15 is 0 Å². The molecule has 1 unspecified atom stereocenters. The molecule has 2 fully saturated rings. The van der Waals surface area contributed by atoms with Crippen LogP contribution in [-0.2, 0) is 4.79 Å². The SMILES string of the molecule is COc1cccc2sc(N3CCC(C(=O)N4CCC(F)(F)CC4)C3)nc12. The fourth-order valence-corrected chi connectivity index (χ4v) is 4.68. The second kappa shape index (κ2) is 6.64. The van der Waals surface area contributed by atoms with Crippen LogP contribution in [0.15, 0.2) is 18.2 Å². The van der Waals surface area contributed by atoms with Gasteiger partial charge < -0.3 is 14.5 Å². The topological polar surface area (TPSA) is 45.7 Å². The quantitative estimate of drug-likeness (QED) is 0.818. The molecular formula is C18H21F2N3O2S. The zero-order chi connectivity index (χ0) is 18.3. The number of halogens is 2. The molecule has 0 radical (unpaired) electrons. The largest absolute Gasteiger partial charge is 0.494 e. The molecule has 2 aliphatic rings. The Morgan fingerprint density at radius 2 is 2.08 bits per heavy atom. The molecule has 0 saturated carbocycles. The molecule has 1 aromatic heterocycles. The van der Waals surface area contributed by atoms with Gasteiger partial charge in [-0.25, -0.2) is 13.8 Å². The van der Waals surface area contributed by atoms with Gasteiger partial charge in [-0.15, -0.1) is 0 Å². The standard InChI is InChI=1S/C18H21F2N3O2S/c1-25-13-3-2-4-14-15(13)21-17(26-14)23-8-5-12(11-23)16(24)22-9-6-18(19,20)7-10-22/h2-4,12H,5-11H2,1H3. The summed E-state index contributed by atoms with van der Waals surface area (Å²) in [6, 6.07) is 5.82. The van der Waals surface area contributed by atoms with E-state index in [1.807, 2.05) is 18.2 Å². The van der Waals surface area contributed by atoms with Crippen molar-refractivity contribution in [3.05, 3.63) is 18.2 Å². The highest BCUT2D eigenvalue weighted by molar-refractivity contribution is 7.22. The highest BCUT2D eigenvalue weighted by Crippen LogP contribution is 2.36. The van der Waals surface area contributed by atoms with Crippen LogP contribution in [0, 0.1) is 5.92 Å². The average molecular weight is 381 g/mol. The maximum absolute atomic E-state index is 13.3. The number of thiazole rings is 1. The Morgan fingerprint density at radius 1 is 1.31 bits per heavy atom. The molecule has 2 saturated heterocycles. The van der Waals surface area contributed by atoms with Crippen LogP contribution in [0.2, 0.25) is 0 Å². The number of carbonyl (C=O) groups is 1. The van der Waals surface area contributed by atoms with E-state index in [4.69, 9.17) is 4.74 Å². The number of amides is 1. The molecule has 1 amide bonds. The third kappa shape index (κ3) is 3.22. The first-order chi connectivity index (χ1) is 12.5. The third-order valence-corrected chi connectivity index (χ3v) is 6.29. The molecule has 0 spiro atoms. The highest BCUT2D eigenvalue weighted by atomic mass is 32.1. The number of fused-ring (bicyclic) bond motifs is 1. The molecular weight excluding hydrogens is 360 g/mol. The molecule has 2 aliphatic heterocycles. The summed E-state index contributed by atoms with van der Waals surface area (Å²) in [5, 5.41) is 0.880. The molecule has 1 aromatic carbocycles. The van der Waals surface area contributed by atoms with Crippen LogP contribution in [0.25, 0.3) is 10.2 Å². The maximum Gasteiger partial charge on any atom is 0.251 e. The van der Waals surface area contributed by atoms with E-state index in [1.165, 1.54) is 0 Å². The molecule has 4 rings (SSSR count). The summed E-state index contributed by atoms with van der Waals surface area (Å²) < 4.78 is 33.0. The Morgan fingerprint density at radius 3 is 2.81 bits per heavy atom. The van der Waals surface area contributed by atoms with E-state index in [0.29, 0.717) is 6.54 Å². The summed E-state index contributed by atoms with van der Waals surface area (Å²) in [7, 11) is 1.63. The van der Waals surface area contributed by atoms with Crippen LogP contribution in [0.4, 0.5) is 13.9 Å². The van der Waals surface area contributed by atoms with E-state index in [0.717, 1.165) is 34.1 Å². The van der Waals surface area contributed by atoms with Gasteiger partial charge in [0.2, 0.25) is 5.91 Å². The summed E-state index contributed by atoms with van der Waals surface area (Å²) in [5.41, 5.74) is 0.836. The lowest BCUT2D eigenvalue weighted by Crippen LogP contribution is -2.45. The van der Waals surface area contributed by atoms with Gasteiger partial charge in [-0.3, -0.25) is 4.79 Å². The summed E-state index contributed by atoms with van der Waals surface area (Å²) in [6.45, 7) is 1.65. The number of aromatic nitrogens is 1. The molecule has 26 heavy (non-hydrogen) atoms. The minimum Gasteiger partial charge on any atom is -0.494 e. The molecule has 1 atom stereocenters. The van der Waals surface area contributed by atoms with Crippen LogP contribution in [0.3, 0.4) is 0 Å². The number of piperidine rings is 1. The van der Waals surface area contributed by atoms with Gasteiger partial charge in [0, 0.05) is 39.0 Å². The fourth-order valence-electron chi connectivity index (χ4n) is 3.66. The first kappa shape index (κ1) is 17.5. The van der Waals surface area contributed by atoms with Crippen molar-refractivity contribution in [2.75, 3.05) is 38.2 Å². The maximum atomic E-state index is 13.3. The number of benzene rings is 1. The Kier molecular flexibility index (Phi) is 4.46. The Hall–Kier alpha value is -1.96. The zero-order valence-electron chi connectivity index (χ0n) is 14.6. The van der Waals surface area contributed by atoms with Gasteiger partial charge in [0.05, 0.1) is 17.7 Å². The van der Waals surface area contributed by atoms with E-state index in [1.54, 1.807) is 23.3 Å². The van der Waals surface area contributed by atoms with Crippen LogP contribution in [0.1, 0.15) is 19.3 Å². The van der Waals surface area contributed by atoms with Gasteiger partial charge >= 0.3 is 0 Å². The van der Waals surface area contributed by atoms with Crippen molar-refractivity contribution >= 4 is 32.6 Å². The molecule has 8 heteroatoms. The molecule has 2 aromatic rings. The van der Waals surface area contributed by atoms with Gasteiger partial charge in [-0.1, -0.05) is 17.4 Å². The zero-order valence-corrected chi connectivity index (χ0v) is 15.4. The van der Waals surface area contributed by atoms with Gasteiger partial charge in [-0.2, -0.15) is 0 Å². The number of likely N-dealkylation sites (tertiary alicyclic amines) is 1. The number of anilines is 1. The second-order valence-electron chi connectivity index (χ2n) is 6.92. The van der Waals surface area contributed by atoms with E-state index in [9.17, 15) is 13.6 Å². The number of ether oxygens (including phenoxy) is 1. The number of para-hydroxylation sites is 1. The first-order valence-electron chi connectivity index (χ1n) is 8.82. The minimum absolute atomic E-state index is 0.00157. The van der Waals surface area contributed by atoms with E-state index < -0.39 is 5.92 Å². The van der Waals surface area contributed by atoms with Crippen molar-refractivity contribution in [1.29, 1.82) is 0 Å². The highest BCUT2D eigenvalue weighted by Gasteiger charge is 2.39. The summed E-state index contributed by atoms with van der Waals surface area (Å²) in [6.07, 6.45) is 0.276. The Bertz CT molecular complexity index is 816. The fraction of sp³-hybridized carbons (Fsp3) is 0.556. The van der Waals surface area contributed by atoms with Crippen molar-refractivity contribution in [3.63, 3.8) is 0 Å². The van der Waals surface area contributed by atoms with Crippen LogP contribution in [-0.4, -0.2) is 55.0 Å². The van der Waals surface area contributed by atoms with Gasteiger partial charge in [0.25, 0.3) is 5.92 Å². The van der Waals surface area contributed by atoms with E-state index in [2.05, 4.69) is 9.88 Å². The molecule has 0 N–H and O–H groups in total. The molecule has 0 bridgehead atoms. The number of carbonyl (C=O) groups excluding carboxylic acids is 1. The monoisotopic (exact) mass is 381 g/mol. The van der Waals surface area contributed by atoms with Crippen LogP contribution >= 0.6 is 11.3 Å². The molecule has 140 valence electrons. The van der Waals surface area contributed by atoms with Crippen molar-refractivity contribution in [1.82, 2.24) is 9.88 Å². The van der Waals surface area contributed by atoms with Crippen molar-refractivity contribution in [2.24, 2.45) is 5.92 Å². The molecule has 3 heterocycles. The molecule has 0 aliphatic carbocycles. The number of methoxy groups -OCH3 is 1. The number of alkyl halides is 2. The number of hydrogen-bond acceptors (Lipinski definition) is 5. The van der Waals surface area contributed by atoms with Crippen molar-refractivity contribution < 1.29 is 18.3 Å². The average Bonchev–Trinajstić information content (AvgIpc) is 3.27. The number of rotatable bonds is 3. The lowest BCUT2D eigenvalue weighted by molar-refractivity contribution is -0.140. The van der Waals surface area contributed by atoms with Crippen LogP contribution < -0.4 is 9.64 Å². The first-order valence-corrected chi connectivity index (χ1v) is 9.63. The Labute approximate surface area is 154 Å². The van der Waals surface area contributed by atoms with Gasteiger partial charge in [0.15, 0.2) is 5.13 Å². The summed E-state index contributed by atoms with van der Waals surface area (Å²) in [5.74, 6) is -2.03. The minimum atomic E-state index is -2.63. The third-order valence-electron chi connectivity index (χ3n) is 5.21. The normalized spacial score (nSPS) is 22.8. The summed E-state index contributed by atoms with van der Waals surface area (Å²) in [4.78, 5) is 21.1. The predicted octanol–water partition coefficient (Wildman–Crippen LogP) is 3.39. The van der Waals surface area contributed by atoms with Gasteiger partial charge in [-0.05, 0) is 18.6 Å². The van der Waals surface area contributed by atoms with Crippen LogP contribution in [0.5, 0.6) is 5.75 Å². The molecule has 5 nitrogen and oxygen atoms in total. The lowest BCUT2D eigenvalue weighted by atomic mass is 10.0. The lowest BCUT2D eigenvalue weighted by Gasteiger charge is -2.33. The Balaban J connectivity index is 1.44. The number of hydrogen-bond donors (Lipinski definition) is 0. The number of nitrogens with zero attached hydrogens (tertiary/aromatic N) is 3. The second-order valence-corrected chi connectivity index (χ2v) is 7.93. The van der Waals surface area contributed by atoms with Gasteiger partial charge in [0.1, 0.15) is 11.3 Å².